The third-order valence-electron chi connectivity index (χ3n) is 7.33. The third kappa shape index (κ3) is 9.63. The SMILES string of the molecule is Cc1cc(O)cc(C)c1CC(NC(=O)C(N)CCCNC(=N)N)C(=O)N[C@@H](Cc1c[nH]cn1)c1nnc(Cc2ccccc2)o1. The van der Waals surface area contributed by atoms with Crippen LogP contribution >= 0.6 is 0 Å². The fourth-order valence-electron chi connectivity index (χ4n) is 4.99. The lowest BCUT2D eigenvalue weighted by Crippen LogP contribution is -2.53. The number of benzene rings is 2. The van der Waals surface area contributed by atoms with Gasteiger partial charge in [0.15, 0.2) is 5.96 Å². The van der Waals surface area contributed by atoms with Gasteiger partial charge in [0, 0.05) is 25.6 Å². The number of aryl methyl sites for hydroxylation is 2. The molecule has 2 amide bonds. The van der Waals surface area contributed by atoms with Crippen LogP contribution in [0.1, 0.15) is 58.6 Å². The highest BCUT2D eigenvalue weighted by Crippen LogP contribution is 2.23. The Morgan fingerprint density at radius 1 is 1.07 bits per heavy atom. The fourth-order valence-corrected chi connectivity index (χ4v) is 4.99. The Morgan fingerprint density at radius 2 is 1.80 bits per heavy atom. The first kappa shape index (κ1) is 32.7. The Labute approximate surface area is 260 Å². The quantitative estimate of drug-likeness (QED) is 0.0543. The van der Waals surface area contributed by atoms with Crippen LogP contribution in [0.3, 0.4) is 0 Å². The number of hydrogen-bond donors (Lipinski definition) is 8. The highest BCUT2D eigenvalue weighted by atomic mass is 16.4. The van der Waals surface area contributed by atoms with Crippen molar-refractivity contribution in [1.29, 1.82) is 5.41 Å². The van der Waals surface area contributed by atoms with E-state index in [1.807, 2.05) is 44.2 Å². The standard InChI is InChI=1S/C31H40N10O4/c1-18-11-22(42)12-19(2)23(18)15-25(38-28(43)24(32)9-6-10-36-31(33)34)29(44)39-26(14-21-16-35-17-37-21)30-41-40-27(45-30)13-20-7-4-3-5-8-20/h3-5,7-8,11-12,16-17,24-26,42H,6,9-10,13-15,32H2,1-2H3,(H,35,37)(H,38,43)(H,39,44)(H4,33,34,36)/t24?,25?,26-/m0/s1. The van der Waals surface area contributed by atoms with Crippen LogP contribution < -0.4 is 27.4 Å². The van der Waals surface area contributed by atoms with Gasteiger partial charge in [-0.15, -0.1) is 10.2 Å². The van der Waals surface area contributed by atoms with E-state index >= 15 is 0 Å². The highest BCUT2D eigenvalue weighted by molar-refractivity contribution is 5.90. The van der Waals surface area contributed by atoms with Gasteiger partial charge in [0.2, 0.25) is 23.6 Å². The number of carbonyl (C=O) groups is 2. The van der Waals surface area contributed by atoms with E-state index in [0.717, 1.165) is 22.3 Å². The summed E-state index contributed by atoms with van der Waals surface area (Å²) in [5, 5.41) is 34.2. The van der Waals surface area contributed by atoms with Crippen molar-refractivity contribution in [3.8, 4) is 5.75 Å². The van der Waals surface area contributed by atoms with Crippen LogP contribution in [0.25, 0.3) is 0 Å². The molecule has 14 nitrogen and oxygen atoms in total. The summed E-state index contributed by atoms with van der Waals surface area (Å²) in [6, 6.07) is 10.2. The normalized spacial score (nSPS) is 13.0. The molecule has 0 radical (unpaired) electrons. The summed E-state index contributed by atoms with van der Waals surface area (Å²) in [5.41, 5.74) is 15.5. The molecule has 2 aromatic heterocycles. The van der Waals surface area contributed by atoms with Gasteiger partial charge >= 0.3 is 0 Å². The smallest absolute Gasteiger partial charge is 0.243 e. The largest absolute Gasteiger partial charge is 0.508 e. The van der Waals surface area contributed by atoms with Crippen molar-refractivity contribution in [2.24, 2.45) is 11.5 Å². The van der Waals surface area contributed by atoms with Gasteiger partial charge in [-0.2, -0.15) is 0 Å². The summed E-state index contributed by atoms with van der Waals surface area (Å²) in [6.07, 6.45) is 4.88. The van der Waals surface area contributed by atoms with Crippen molar-refractivity contribution in [2.45, 2.75) is 64.1 Å². The van der Waals surface area contributed by atoms with Crippen molar-refractivity contribution in [1.82, 2.24) is 36.1 Å². The molecule has 4 aromatic rings. The van der Waals surface area contributed by atoms with Gasteiger partial charge in [0.25, 0.3) is 0 Å². The van der Waals surface area contributed by atoms with Crippen LogP contribution in [0.4, 0.5) is 0 Å². The zero-order chi connectivity index (χ0) is 32.3. The molecule has 0 aliphatic heterocycles. The molecule has 0 bridgehead atoms. The maximum Gasteiger partial charge on any atom is 0.243 e. The van der Waals surface area contributed by atoms with Gasteiger partial charge in [-0.1, -0.05) is 30.3 Å². The molecule has 45 heavy (non-hydrogen) atoms. The molecule has 0 fully saturated rings. The Kier molecular flexibility index (Phi) is 11.2. The zero-order valence-corrected chi connectivity index (χ0v) is 25.3. The van der Waals surface area contributed by atoms with E-state index in [0.29, 0.717) is 37.4 Å². The number of aromatic hydroxyl groups is 1. The maximum absolute atomic E-state index is 14.0. The van der Waals surface area contributed by atoms with Crippen LogP contribution in [0.5, 0.6) is 5.75 Å². The molecule has 0 saturated carbocycles. The lowest BCUT2D eigenvalue weighted by Gasteiger charge is -2.24. The minimum Gasteiger partial charge on any atom is -0.508 e. The van der Waals surface area contributed by atoms with Gasteiger partial charge in [-0.25, -0.2) is 4.98 Å². The molecular formula is C31H40N10O4. The van der Waals surface area contributed by atoms with E-state index in [-0.39, 0.29) is 30.4 Å². The van der Waals surface area contributed by atoms with Gasteiger partial charge < -0.3 is 41.9 Å². The number of nitrogens with two attached hydrogens (primary N) is 2. The molecule has 4 rings (SSSR count). The summed E-state index contributed by atoms with van der Waals surface area (Å²) in [4.78, 5) is 34.4. The lowest BCUT2D eigenvalue weighted by atomic mass is 9.95. The molecule has 2 heterocycles. The van der Waals surface area contributed by atoms with Crippen molar-refractivity contribution >= 4 is 17.8 Å². The summed E-state index contributed by atoms with van der Waals surface area (Å²) >= 11 is 0. The van der Waals surface area contributed by atoms with Crippen molar-refractivity contribution in [3.05, 3.63) is 94.7 Å². The van der Waals surface area contributed by atoms with Crippen LogP contribution in [0, 0.1) is 19.3 Å². The summed E-state index contributed by atoms with van der Waals surface area (Å²) in [6.45, 7) is 4.05. The topological polar surface area (TPSA) is 234 Å². The number of aromatic amines is 1. The molecule has 238 valence electrons. The highest BCUT2D eigenvalue weighted by Gasteiger charge is 2.30. The Balaban J connectivity index is 1.55. The second-order valence-electron chi connectivity index (χ2n) is 10.9. The van der Waals surface area contributed by atoms with Crippen LogP contribution in [-0.4, -0.2) is 61.7 Å². The molecule has 0 aliphatic carbocycles. The molecule has 2 unspecified atom stereocenters. The van der Waals surface area contributed by atoms with Gasteiger partial charge in [-0.3, -0.25) is 15.0 Å². The molecule has 0 spiro atoms. The summed E-state index contributed by atoms with van der Waals surface area (Å²) < 4.78 is 6.00. The first-order chi connectivity index (χ1) is 21.6. The molecule has 0 aliphatic rings. The molecule has 2 aromatic carbocycles. The lowest BCUT2D eigenvalue weighted by molar-refractivity contribution is -0.130. The van der Waals surface area contributed by atoms with E-state index in [9.17, 15) is 14.7 Å². The number of nitrogens with one attached hydrogen (secondary N) is 5. The number of H-pyrrole nitrogens is 1. The Hall–Kier alpha value is -5.24. The van der Waals surface area contributed by atoms with Gasteiger partial charge in [0.05, 0.1) is 24.5 Å². The number of guanidine groups is 1. The first-order valence-electron chi connectivity index (χ1n) is 14.7. The molecule has 0 saturated heterocycles. The van der Waals surface area contributed by atoms with E-state index in [4.69, 9.17) is 21.3 Å². The minimum atomic E-state index is -1.02. The molecule has 3 atom stereocenters. The van der Waals surface area contributed by atoms with E-state index < -0.39 is 29.9 Å². The second-order valence-corrected chi connectivity index (χ2v) is 10.9. The molecule has 14 heteroatoms. The number of rotatable bonds is 15. The van der Waals surface area contributed by atoms with Crippen molar-refractivity contribution < 1.29 is 19.1 Å². The number of amides is 2. The number of phenols is 1. The third-order valence-corrected chi connectivity index (χ3v) is 7.33. The van der Waals surface area contributed by atoms with Gasteiger partial charge in [-0.05, 0) is 61.1 Å². The van der Waals surface area contributed by atoms with E-state index in [1.54, 1.807) is 18.3 Å². The average molecular weight is 617 g/mol. The van der Waals surface area contributed by atoms with Crippen LogP contribution in [0.15, 0.2) is 59.4 Å². The predicted octanol–water partition coefficient (Wildman–Crippen LogP) is 1.42. The number of hydrogen-bond acceptors (Lipinski definition) is 9. The monoisotopic (exact) mass is 616 g/mol. The summed E-state index contributed by atoms with van der Waals surface area (Å²) in [7, 11) is 0. The number of aromatic nitrogens is 4. The van der Waals surface area contributed by atoms with Crippen molar-refractivity contribution in [3.63, 3.8) is 0 Å². The minimum absolute atomic E-state index is 0.113. The maximum atomic E-state index is 14.0. The van der Waals surface area contributed by atoms with E-state index in [2.05, 4.69) is 36.1 Å². The molecular weight excluding hydrogens is 576 g/mol. The average Bonchev–Trinajstić information content (AvgIpc) is 3.69. The Bertz CT molecular complexity index is 1550. The molecule has 10 N–H and O–H groups in total. The number of nitrogens with zero attached hydrogens (tertiary/aromatic N) is 3. The Morgan fingerprint density at radius 3 is 2.47 bits per heavy atom. The zero-order valence-electron chi connectivity index (χ0n) is 25.3. The van der Waals surface area contributed by atoms with Crippen LogP contribution in [-0.2, 0) is 28.9 Å². The number of phenolic OH excluding ortho intramolecular Hbond substituents is 1. The fraction of sp³-hybridized carbons (Fsp3) is 0.355. The van der Waals surface area contributed by atoms with E-state index in [1.165, 1.54) is 6.33 Å². The van der Waals surface area contributed by atoms with Crippen molar-refractivity contribution in [2.75, 3.05) is 6.54 Å². The second kappa shape index (κ2) is 15.5. The number of imidazole rings is 1. The number of carbonyl (C=O) groups excluding carboxylic acids is 2. The summed E-state index contributed by atoms with van der Waals surface area (Å²) in [5.74, 6) is -0.441. The predicted molar refractivity (Wildman–Crippen MR) is 167 cm³/mol. The van der Waals surface area contributed by atoms with Gasteiger partial charge in [0.1, 0.15) is 17.8 Å². The van der Waals surface area contributed by atoms with Crippen LogP contribution in [0.2, 0.25) is 0 Å². The first-order valence-corrected chi connectivity index (χ1v) is 14.7.